The van der Waals surface area contributed by atoms with Gasteiger partial charge in [-0.05, 0) is 38.8 Å². The average Bonchev–Trinajstić information content (AvgIpc) is 2.56. The molecule has 1 atom stereocenters. The molecule has 14 heavy (non-hydrogen) atoms. The molecule has 0 amide bonds. The van der Waals surface area contributed by atoms with E-state index in [2.05, 4.69) is 43.0 Å². The van der Waals surface area contributed by atoms with Crippen molar-refractivity contribution in [3.63, 3.8) is 0 Å². The van der Waals surface area contributed by atoms with E-state index in [1.807, 2.05) is 0 Å². The third-order valence-corrected chi connectivity index (χ3v) is 3.20. The van der Waals surface area contributed by atoms with Crippen LogP contribution in [0.4, 0.5) is 0 Å². The van der Waals surface area contributed by atoms with Crippen LogP contribution in [0.1, 0.15) is 30.9 Å². The van der Waals surface area contributed by atoms with E-state index in [1.54, 1.807) is 0 Å². The van der Waals surface area contributed by atoms with E-state index in [0.717, 1.165) is 12.6 Å². The SMILES string of the molecule is Cc1ccc(CN2CCC[C@H]2C)cc1. The van der Waals surface area contributed by atoms with Crippen LogP contribution in [0, 0.1) is 6.92 Å². The van der Waals surface area contributed by atoms with Crippen molar-refractivity contribution in [1.82, 2.24) is 4.90 Å². The number of nitrogens with zero attached hydrogens (tertiary/aromatic N) is 1. The Morgan fingerprint density at radius 3 is 2.57 bits per heavy atom. The first-order chi connectivity index (χ1) is 6.75. The molecular formula is C13H19N. The molecule has 0 saturated carbocycles. The Morgan fingerprint density at radius 2 is 2.00 bits per heavy atom. The molecule has 1 aliphatic rings. The van der Waals surface area contributed by atoms with Gasteiger partial charge in [0.05, 0.1) is 0 Å². The van der Waals surface area contributed by atoms with E-state index in [0.29, 0.717) is 0 Å². The predicted molar refractivity (Wildman–Crippen MR) is 60.3 cm³/mol. The van der Waals surface area contributed by atoms with Gasteiger partial charge in [0.25, 0.3) is 0 Å². The number of rotatable bonds is 2. The first-order valence-electron chi connectivity index (χ1n) is 5.55. The molecule has 1 nitrogen and oxygen atoms in total. The normalized spacial score (nSPS) is 22.9. The zero-order valence-electron chi connectivity index (χ0n) is 9.16. The molecule has 2 rings (SSSR count). The van der Waals surface area contributed by atoms with E-state index in [4.69, 9.17) is 0 Å². The van der Waals surface area contributed by atoms with Gasteiger partial charge in [0, 0.05) is 12.6 Å². The predicted octanol–water partition coefficient (Wildman–Crippen LogP) is 2.98. The number of likely N-dealkylation sites (tertiary alicyclic amines) is 1. The molecule has 1 aromatic rings. The maximum atomic E-state index is 2.57. The number of benzene rings is 1. The van der Waals surface area contributed by atoms with Gasteiger partial charge in [-0.25, -0.2) is 0 Å². The van der Waals surface area contributed by atoms with Gasteiger partial charge >= 0.3 is 0 Å². The summed E-state index contributed by atoms with van der Waals surface area (Å²) >= 11 is 0. The summed E-state index contributed by atoms with van der Waals surface area (Å²) in [5, 5.41) is 0. The lowest BCUT2D eigenvalue weighted by Gasteiger charge is -2.20. The molecule has 1 heteroatoms. The summed E-state index contributed by atoms with van der Waals surface area (Å²) in [6, 6.07) is 9.68. The van der Waals surface area contributed by atoms with Gasteiger partial charge < -0.3 is 0 Å². The Bertz CT molecular complexity index is 289. The Kier molecular flexibility index (Phi) is 2.87. The van der Waals surface area contributed by atoms with Gasteiger partial charge in [-0.15, -0.1) is 0 Å². The molecule has 0 spiro atoms. The van der Waals surface area contributed by atoms with E-state index in [9.17, 15) is 0 Å². The Hall–Kier alpha value is -0.820. The summed E-state index contributed by atoms with van der Waals surface area (Å²) in [7, 11) is 0. The molecule has 0 radical (unpaired) electrons. The van der Waals surface area contributed by atoms with Crippen molar-refractivity contribution < 1.29 is 0 Å². The highest BCUT2D eigenvalue weighted by Gasteiger charge is 2.19. The summed E-state index contributed by atoms with van der Waals surface area (Å²) < 4.78 is 0. The molecule has 0 bridgehead atoms. The van der Waals surface area contributed by atoms with Gasteiger partial charge in [0.2, 0.25) is 0 Å². The lowest BCUT2D eigenvalue weighted by molar-refractivity contribution is 0.260. The largest absolute Gasteiger partial charge is 0.296 e. The second-order valence-corrected chi connectivity index (χ2v) is 4.45. The molecule has 0 aliphatic carbocycles. The van der Waals surface area contributed by atoms with Crippen molar-refractivity contribution in [2.75, 3.05) is 6.54 Å². The van der Waals surface area contributed by atoms with Crippen LogP contribution < -0.4 is 0 Å². The first-order valence-corrected chi connectivity index (χ1v) is 5.55. The topological polar surface area (TPSA) is 3.24 Å². The van der Waals surface area contributed by atoms with Crippen molar-refractivity contribution in [3.8, 4) is 0 Å². The maximum absolute atomic E-state index is 2.57. The highest BCUT2D eigenvalue weighted by molar-refractivity contribution is 5.21. The maximum Gasteiger partial charge on any atom is 0.0236 e. The number of aryl methyl sites for hydroxylation is 1. The third-order valence-electron chi connectivity index (χ3n) is 3.20. The Morgan fingerprint density at radius 1 is 1.29 bits per heavy atom. The van der Waals surface area contributed by atoms with E-state index in [-0.39, 0.29) is 0 Å². The minimum absolute atomic E-state index is 0.774. The van der Waals surface area contributed by atoms with E-state index in [1.165, 1.54) is 30.5 Å². The molecule has 1 heterocycles. The Labute approximate surface area is 86.7 Å². The van der Waals surface area contributed by atoms with Crippen LogP contribution in [0.25, 0.3) is 0 Å². The highest BCUT2D eigenvalue weighted by atomic mass is 15.2. The summed E-state index contributed by atoms with van der Waals surface area (Å²) in [6.07, 6.45) is 2.74. The molecule has 0 N–H and O–H groups in total. The second-order valence-electron chi connectivity index (χ2n) is 4.45. The number of hydrogen-bond acceptors (Lipinski definition) is 1. The first kappa shape index (κ1) is 9.72. The lowest BCUT2D eigenvalue weighted by atomic mass is 10.1. The van der Waals surface area contributed by atoms with Crippen LogP contribution in [-0.2, 0) is 6.54 Å². The van der Waals surface area contributed by atoms with Gasteiger partial charge in [0.15, 0.2) is 0 Å². The molecule has 1 fully saturated rings. The fourth-order valence-corrected chi connectivity index (χ4v) is 2.16. The molecule has 0 unspecified atom stereocenters. The quantitative estimate of drug-likeness (QED) is 0.691. The van der Waals surface area contributed by atoms with E-state index < -0.39 is 0 Å². The number of hydrogen-bond donors (Lipinski definition) is 0. The lowest BCUT2D eigenvalue weighted by Crippen LogP contribution is -2.26. The molecular weight excluding hydrogens is 170 g/mol. The standard InChI is InChI=1S/C13H19N/c1-11-5-7-13(8-6-11)10-14-9-3-4-12(14)2/h5-8,12H,3-4,9-10H2,1-2H3/t12-/m1/s1. The van der Waals surface area contributed by atoms with Crippen LogP contribution in [-0.4, -0.2) is 17.5 Å². The van der Waals surface area contributed by atoms with Crippen LogP contribution >= 0.6 is 0 Å². The van der Waals surface area contributed by atoms with Crippen molar-refractivity contribution in [1.29, 1.82) is 0 Å². The fraction of sp³-hybridized carbons (Fsp3) is 0.538. The second kappa shape index (κ2) is 4.14. The van der Waals surface area contributed by atoms with Gasteiger partial charge in [-0.2, -0.15) is 0 Å². The minimum Gasteiger partial charge on any atom is -0.296 e. The van der Waals surface area contributed by atoms with Gasteiger partial charge in [-0.3, -0.25) is 4.90 Å². The average molecular weight is 189 g/mol. The summed E-state index contributed by atoms with van der Waals surface area (Å²) in [5.41, 5.74) is 2.80. The van der Waals surface area contributed by atoms with Crippen LogP contribution in [0.3, 0.4) is 0 Å². The van der Waals surface area contributed by atoms with E-state index >= 15 is 0 Å². The highest BCUT2D eigenvalue weighted by Crippen LogP contribution is 2.19. The van der Waals surface area contributed by atoms with Crippen molar-refractivity contribution in [2.24, 2.45) is 0 Å². The molecule has 76 valence electrons. The fourth-order valence-electron chi connectivity index (χ4n) is 2.16. The minimum atomic E-state index is 0.774. The Balaban J connectivity index is 2.00. The third kappa shape index (κ3) is 2.16. The molecule has 1 aromatic carbocycles. The molecule has 0 aromatic heterocycles. The van der Waals surface area contributed by atoms with Crippen LogP contribution in [0.2, 0.25) is 0 Å². The molecule has 1 saturated heterocycles. The van der Waals surface area contributed by atoms with Crippen molar-refractivity contribution in [2.45, 2.75) is 39.3 Å². The van der Waals surface area contributed by atoms with Crippen molar-refractivity contribution in [3.05, 3.63) is 35.4 Å². The summed E-state index contributed by atoms with van der Waals surface area (Å²) in [5.74, 6) is 0. The van der Waals surface area contributed by atoms with Crippen molar-refractivity contribution >= 4 is 0 Å². The smallest absolute Gasteiger partial charge is 0.0236 e. The van der Waals surface area contributed by atoms with Gasteiger partial charge in [-0.1, -0.05) is 29.8 Å². The monoisotopic (exact) mass is 189 g/mol. The van der Waals surface area contributed by atoms with Crippen LogP contribution in [0.5, 0.6) is 0 Å². The zero-order chi connectivity index (χ0) is 9.97. The van der Waals surface area contributed by atoms with Gasteiger partial charge in [0.1, 0.15) is 0 Å². The van der Waals surface area contributed by atoms with Crippen LogP contribution in [0.15, 0.2) is 24.3 Å². The summed E-state index contributed by atoms with van der Waals surface area (Å²) in [6.45, 7) is 6.87. The molecule has 1 aliphatic heterocycles. The zero-order valence-corrected chi connectivity index (χ0v) is 9.16. The summed E-state index contributed by atoms with van der Waals surface area (Å²) in [4.78, 5) is 2.57.